The van der Waals surface area contributed by atoms with Crippen LogP contribution in [0.25, 0.3) is 5.65 Å². The highest BCUT2D eigenvalue weighted by molar-refractivity contribution is 5.95. The zero-order chi connectivity index (χ0) is 19.3. The number of nitrogens with zero attached hydrogens (tertiary/aromatic N) is 5. The maximum atomic E-state index is 13.0. The maximum absolute atomic E-state index is 13.0. The summed E-state index contributed by atoms with van der Waals surface area (Å²) in [5, 5.41) is 4.41. The zero-order valence-electron chi connectivity index (χ0n) is 16.2. The molecule has 0 atom stereocenters. The average molecular weight is 371 g/mol. The van der Waals surface area contributed by atoms with E-state index in [1.165, 1.54) is 0 Å². The van der Waals surface area contributed by atoms with E-state index in [0.29, 0.717) is 25.3 Å². The Labute approximate surface area is 158 Å². The van der Waals surface area contributed by atoms with E-state index >= 15 is 0 Å². The van der Waals surface area contributed by atoms with Gasteiger partial charge in [-0.15, -0.1) is 0 Å². The van der Waals surface area contributed by atoms with Gasteiger partial charge < -0.3 is 9.64 Å². The molecule has 2 aromatic heterocycles. The van der Waals surface area contributed by atoms with Crippen LogP contribution in [0.4, 0.5) is 4.79 Å². The van der Waals surface area contributed by atoms with Crippen molar-refractivity contribution >= 4 is 17.6 Å². The first-order valence-corrected chi connectivity index (χ1v) is 9.35. The molecular formula is C19H25N5O3. The molecule has 2 aromatic rings. The number of carbonyl (C=O) groups is 2. The van der Waals surface area contributed by atoms with Crippen molar-refractivity contribution in [2.75, 3.05) is 19.7 Å². The summed E-state index contributed by atoms with van der Waals surface area (Å²) in [7, 11) is 0. The maximum Gasteiger partial charge on any atom is 0.410 e. The lowest BCUT2D eigenvalue weighted by molar-refractivity contribution is 0.0588. The van der Waals surface area contributed by atoms with Crippen LogP contribution in [0, 0.1) is 13.8 Å². The van der Waals surface area contributed by atoms with Gasteiger partial charge in [0, 0.05) is 31.4 Å². The third kappa shape index (κ3) is 2.93. The molecule has 0 unspecified atom stereocenters. The second-order valence-corrected chi connectivity index (χ2v) is 8.07. The van der Waals surface area contributed by atoms with Gasteiger partial charge in [-0.1, -0.05) is 0 Å². The Kier molecular flexibility index (Phi) is 4.09. The van der Waals surface area contributed by atoms with Crippen LogP contribution in [0.15, 0.2) is 12.3 Å². The van der Waals surface area contributed by atoms with Crippen LogP contribution in [0.1, 0.15) is 48.4 Å². The number of carbonyl (C=O) groups excluding carboxylic acids is 2. The fourth-order valence-electron chi connectivity index (χ4n) is 4.14. The molecule has 2 aliphatic rings. The van der Waals surface area contributed by atoms with Crippen molar-refractivity contribution in [3.63, 3.8) is 0 Å². The van der Waals surface area contributed by atoms with Crippen LogP contribution in [0.3, 0.4) is 0 Å². The molecule has 144 valence electrons. The summed E-state index contributed by atoms with van der Waals surface area (Å²) in [6, 6.07) is 2.00. The van der Waals surface area contributed by atoms with Crippen molar-refractivity contribution in [3.8, 4) is 0 Å². The standard InChI is InChI=1S/C19H25N5O3/c1-12-9-16-20-10-15(13(2)24(16)21-12)17(25)22-7-5-14(6-8-22)23-18(26)27-11-19(23,3)4/h9-10,14H,5-8,11H2,1-4H3. The van der Waals surface area contributed by atoms with E-state index in [1.807, 2.05) is 43.6 Å². The zero-order valence-corrected chi connectivity index (χ0v) is 16.2. The molecule has 0 saturated carbocycles. The van der Waals surface area contributed by atoms with Gasteiger partial charge in [-0.2, -0.15) is 5.10 Å². The predicted octanol–water partition coefficient (Wildman–Crippen LogP) is 2.18. The summed E-state index contributed by atoms with van der Waals surface area (Å²) >= 11 is 0. The molecule has 0 spiro atoms. The second-order valence-electron chi connectivity index (χ2n) is 8.07. The second kappa shape index (κ2) is 6.21. The molecule has 0 radical (unpaired) electrons. The Morgan fingerprint density at radius 1 is 1.26 bits per heavy atom. The Hall–Kier alpha value is -2.64. The van der Waals surface area contributed by atoms with Crippen molar-refractivity contribution in [1.82, 2.24) is 24.4 Å². The third-order valence-corrected chi connectivity index (χ3v) is 5.59. The number of hydrogen-bond donors (Lipinski definition) is 0. The highest BCUT2D eigenvalue weighted by atomic mass is 16.6. The summed E-state index contributed by atoms with van der Waals surface area (Å²) in [6.45, 7) is 9.48. The minimum Gasteiger partial charge on any atom is -0.447 e. The summed E-state index contributed by atoms with van der Waals surface area (Å²) < 4.78 is 6.94. The highest BCUT2D eigenvalue weighted by Crippen LogP contribution is 2.31. The van der Waals surface area contributed by atoms with Crippen LogP contribution >= 0.6 is 0 Å². The van der Waals surface area contributed by atoms with Gasteiger partial charge in [-0.3, -0.25) is 9.69 Å². The van der Waals surface area contributed by atoms with Crippen molar-refractivity contribution in [3.05, 3.63) is 29.2 Å². The van der Waals surface area contributed by atoms with E-state index in [2.05, 4.69) is 10.1 Å². The molecule has 8 heteroatoms. The first-order valence-electron chi connectivity index (χ1n) is 9.35. The van der Waals surface area contributed by atoms with E-state index in [9.17, 15) is 9.59 Å². The van der Waals surface area contributed by atoms with Crippen molar-refractivity contribution < 1.29 is 14.3 Å². The Morgan fingerprint density at radius 2 is 1.96 bits per heavy atom. The molecule has 2 amide bonds. The normalized spacial score (nSPS) is 20.4. The third-order valence-electron chi connectivity index (χ3n) is 5.59. The number of rotatable bonds is 2. The van der Waals surface area contributed by atoms with Gasteiger partial charge in [0.05, 0.1) is 22.5 Å². The van der Waals surface area contributed by atoms with Crippen LogP contribution in [-0.2, 0) is 4.74 Å². The molecule has 0 aliphatic carbocycles. The molecule has 0 N–H and O–H groups in total. The van der Waals surface area contributed by atoms with E-state index in [0.717, 1.165) is 29.9 Å². The first kappa shape index (κ1) is 17.8. The quantitative estimate of drug-likeness (QED) is 0.808. The van der Waals surface area contributed by atoms with E-state index in [4.69, 9.17) is 4.74 Å². The number of amides is 2. The minimum absolute atomic E-state index is 0.0308. The van der Waals surface area contributed by atoms with E-state index < -0.39 is 0 Å². The Balaban J connectivity index is 1.49. The van der Waals surface area contributed by atoms with Gasteiger partial charge in [0.2, 0.25) is 0 Å². The number of aryl methyl sites for hydroxylation is 2. The number of fused-ring (bicyclic) bond motifs is 1. The topological polar surface area (TPSA) is 80.0 Å². The molecular weight excluding hydrogens is 346 g/mol. The van der Waals surface area contributed by atoms with Crippen LogP contribution in [-0.4, -0.2) is 67.7 Å². The SMILES string of the molecule is Cc1cc2ncc(C(=O)N3CCC(N4C(=O)OCC4(C)C)CC3)c(C)n2n1. The van der Waals surface area contributed by atoms with Gasteiger partial charge >= 0.3 is 6.09 Å². The van der Waals surface area contributed by atoms with Crippen LogP contribution in [0.5, 0.6) is 0 Å². The van der Waals surface area contributed by atoms with Gasteiger partial charge in [0.25, 0.3) is 5.91 Å². The van der Waals surface area contributed by atoms with Gasteiger partial charge in [0.15, 0.2) is 5.65 Å². The van der Waals surface area contributed by atoms with E-state index in [1.54, 1.807) is 10.7 Å². The van der Waals surface area contributed by atoms with E-state index in [-0.39, 0.29) is 23.6 Å². The fraction of sp³-hybridized carbons (Fsp3) is 0.579. The average Bonchev–Trinajstić information content (AvgIpc) is 3.14. The molecule has 2 saturated heterocycles. The number of aromatic nitrogens is 3. The monoisotopic (exact) mass is 371 g/mol. The van der Waals surface area contributed by atoms with Gasteiger partial charge in [-0.25, -0.2) is 14.3 Å². The molecule has 4 heterocycles. The summed E-state index contributed by atoms with van der Waals surface area (Å²) in [5.74, 6) is -0.0308. The summed E-state index contributed by atoms with van der Waals surface area (Å²) in [4.78, 5) is 33.2. The lowest BCUT2D eigenvalue weighted by atomic mass is 9.96. The summed E-state index contributed by atoms with van der Waals surface area (Å²) in [5.41, 5.74) is 2.69. The number of cyclic esters (lactones) is 1. The molecule has 2 fully saturated rings. The fourth-order valence-corrected chi connectivity index (χ4v) is 4.14. The Bertz CT molecular complexity index is 911. The van der Waals surface area contributed by atoms with Crippen LogP contribution in [0.2, 0.25) is 0 Å². The number of hydrogen-bond acceptors (Lipinski definition) is 5. The predicted molar refractivity (Wildman–Crippen MR) is 98.7 cm³/mol. The molecule has 8 nitrogen and oxygen atoms in total. The van der Waals surface area contributed by atoms with Crippen molar-refractivity contribution in [1.29, 1.82) is 0 Å². The number of ether oxygens (including phenoxy) is 1. The highest BCUT2D eigenvalue weighted by Gasteiger charge is 2.45. The molecule has 2 aliphatic heterocycles. The van der Waals surface area contributed by atoms with Crippen molar-refractivity contribution in [2.24, 2.45) is 0 Å². The molecule has 27 heavy (non-hydrogen) atoms. The summed E-state index contributed by atoms with van der Waals surface area (Å²) in [6.07, 6.45) is 2.89. The van der Waals surface area contributed by atoms with Gasteiger partial charge in [0.1, 0.15) is 6.61 Å². The molecule has 0 aromatic carbocycles. The smallest absolute Gasteiger partial charge is 0.410 e. The number of likely N-dealkylation sites (tertiary alicyclic amines) is 1. The van der Waals surface area contributed by atoms with Gasteiger partial charge in [-0.05, 0) is 40.5 Å². The first-order chi connectivity index (χ1) is 12.8. The van der Waals surface area contributed by atoms with Crippen LogP contribution < -0.4 is 0 Å². The number of piperidine rings is 1. The lowest BCUT2D eigenvalue weighted by Crippen LogP contribution is -2.53. The Morgan fingerprint density at radius 3 is 2.59 bits per heavy atom. The van der Waals surface area contributed by atoms with Crippen molar-refractivity contribution in [2.45, 2.75) is 52.1 Å². The molecule has 0 bridgehead atoms. The minimum atomic E-state index is -0.294. The largest absolute Gasteiger partial charge is 0.447 e. The molecule has 4 rings (SSSR count). The lowest BCUT2D eigenvalue weighted by Gasteiger charge is -2.40.